The van der Waals surface area contributed by atoms with Gasteiger partial charge in [-0.1, -0.05) is 5.16 Å². The molecule has 3 aromatic rings. The number of hydrogen-bond acceptors (Lipinski definition) is 7. The van der Waals surface area contributed by atoms with E-state index in [-0.39, 0.29) is 5.54 Å². The summed E-state index contributed by atoms with van der Waals surface area (Å²) in [4.78, 5) is 8.59. The van der Waals surface area contributed by atoms with Gasteiger partial charge in [0.15, 0.2) is 0 Å². The van der Waals surface area contributed by atoms with Gasteiger partial charge >= 0.3 is 0 Å². The van der Waals surface area contributed by atoms with Gasteiger partial charge < -0.3 is 14.6 Å². The standard InChI is InChI=1S/C16H17BrN4O2S/c1-16(2,10-22-15-12(17)4-3-6-18-15)19-8-13-20-14(21-23-13)11-5-7-24-9-11/h3-7,9,19H,8,10H2,1-2H3. The molecule has 6 nitrogen and oxygen atoms in total. The van der Waals surface area contributed by atoms with Gasteiger partial charge in [-0.2, -0.15) is 16.3 Å². The molecule has 0 aliphatic carbocycles. The molecule has 0 bridgehead atoms. The smallest absolute Gasteiger partial charge is 0.240 e. The summed E-state index contributed by atoms with van der Waals surface area (Å²) in [5.41, 5.74) is 0.686. The van der Waals surface area contributed by atoms with E-state index in [4.69, 9.17) is 9.26 Å². The lowest BCUT2D eigenvalue weighted by atomic mass is 10.1. The molecule has 0 fully saturated rings. The van der Waals surface area contributed by atoms with E-state index in [9.17, 15) is 0 Å². The third kappa shape index (κ3) is 4.40. The molecule has 3 rings (SSSR count). The second kappa shape index (κ2) is 7.42. The highest BCUT2D eigenvalue weighted by Gasteiger charge is 2.20. The van der Waals surface area contributed by atoms with Crippen LogP contribution in [0.5, 0.6) is 5.88 Å². The van der Waals surface area contributed by atoms with E-state index in [2.05, 4.69) is 36.4 Å². The molecule has 0 aliphatic rings. The number of nitrogens with one attached hydrogen (secondary N) is 1. The first-order chi connectivity index (χ1) is 11.5. The minimum atomic E-state index is -0.284. The van der Waals surface area contributed by atoms with Crippen molar-refractivity contribution in [2.24, 2.45) is 0 Å². The van der Waals surface area contributed by atoms with Crippen LogP contribution in [0.1, 0.15) is 19.7 Å². The lowest BCUT2D eigenvalue weighted by Crippen LogP contribution is -2.44. The van der Waals surface area contributed by atoms with Gasteiger partial charge in [-0.25, -0.2) is 4.98 Å². The number of hydrogen-bond donors (Lipinski definition) is 1. The Morgan fingerprint density at radius 3 is 3.00 bits per heavy atom. The predicted molar refractivity (Wildman–Crippen MR) is 96.0 cm³/mol. The fraction of sp³-hybridized carbons (Fsp3) is 0.312. The van der Waals surface area contributed by atoms with E-state index in [0.29, 0.717) is 30.7 Å². The highest BCUT2D eigenvalue weighted by Crippen LogP contribution is 2.22. The summed E-state index contributed by atoms with van der Waals surface area (Å²) in [7, 11) is 0. The average Bonchev–Trinajstić information content (AvgIpc) is 3.23. The maximum absolute atomic E-state index is 5.77. The van der Waals surface area contributed by atoms with Gasteiger partial charge in [0.2, 0.25) is 17.6 Å². The van der Waals surface area contributed by atoms with Crippen molar-refractivity contribution in [3.05, 3.63) is 45.5 Å². The van der Waals surface area contributed by atoms with E-state index in [0.717, 1.165) is 10.0 Å². The Bertz CT molecular complexity index is 789. The van der Waals surface area contributed by atoms with Gasteiger partial charge in [0.1, 0.15) is 6.61 Å². The van der Waals surface area contributed by atoms with Crippen molar-refractivity contribution in [3.63, 3.8) is 0 Å². The molecule has 126 valence electrons. The lowest BCUT2D eigenvalue weighted by Gasteiger charge is -2.25. The van der Waals surface area contributed by atoms with Crippen molar-refractivity contribution < 1.29 is 9.26 Å². The Hall–Kier alpha value is -1.77. The first-order valence-corrected chi connectivity index (χ1v) is 9.11. The fourth-order valence-corrected chi connectivity index (χ4v) is 2.93. The molecule has 8 heteroatoms. The third-order valence-electron chi connectivity index (χ3n) is 3.26. The topological polar surface area (TPSA) is 73.1 Å². The van der Waals surface area contributed by atoms with Crippen molar-refractivity contribution >= 4 is 27.3 Å². The number of ether oxygens (including phenoxy) is 1. The second-order valence-electron chi connectivity index (χ2n) is 5.84. The summed E-state index contributed by atoms with van der Waals surface area (Å²) in [5, 5.41) is 11.3. The number of rotatable bonds is 7. The molecule has 3 aromatic heterocycles. The first-order valence-electron chi connectivity index (χ1n) is 7.37. The Labute approximate surface area is 152 Å². The number of nitrogens with zero attached hydrogens (tertiary/aromatic N) is 3. The fourth-order valence-electron chi connectivity index (χ4n) is 1.93. The summed E-state index contributed by atoms with van der Waals surface area (Å²) in [6.07, 6.45) is 1.70. The molecular formula is C16H17BrN4O2S. The molecule has 0 amide bonds. The van der Waals surface area contributed by atoms with E-state index in [1.807, 2.05) is 42.8 Å². The van der Waals surface area contributed by atoms with Crippen LogP contribution in [0.2, 0.25) is 0 Å². The summed E-state index contributed by atoms with van der Waals surface area (Å²) < 4.78 is 11.9. The van der Waals surface area contributed by atoms with Crippen LogP contribution in [0.4, 0.5) is 0 Å². The highest BCUT2D eigenvalue weighted by atomic mass is 79.9. The SMILES string of the molecule is CC(C)(COc1ncccc1Br)NCc1nc(-c2ccsc2)no1. The van der Waals surface area contributed by atoms with Gasteiger partial charge in [0.25, 0.3) is 0 Å². The normalized spacial score (nSPS) is 11.6. The molecule has 0 unspecified atom stereocenters. The zero-order valence-electron chi connectivity index (χ0n) is 13.3. The van der Waals surface area contributed by atoms with Crippen LogP contribution in [0, 0.1) is 0 Å². The second-order valence-corrected chi connectivity index (χ2v) is 7.47. The van der Waals surface area contributed by atoms with Crippen LogP contribution in [-0.4, -0.2) is 27.3 Å². The number of thiophene rings is 1. The van der Waals surface area contributed by atoms with Crippen molar-refractivity contribution in [1.82, 2.24) is 20.4 Å². The summed E-state index contributed by atoms with van der Waals surface area (Å²) in [5.74, 6) is 1.73. The maximum atomic E-state index is 5.77. The predicted octanol–water partition coefficient (Wildman–Crippen LogP) is 3.90. The zero-order chi connectivity index (χ0) is 17.0. The average molecular weight is 409 g/mol. The first kappa shape index (κ1) is 17.1. The van der Waals surface area contributed by atoms with Crippen LogP contribution in [-0.2, 0) is 6.54 Å². The van der Waals surface area contributed by atoms with Crippen LogP contribution < -0.4 is 10.1 Å². The molecule has 0 saturated heterocycles. The molecule has 0 aliphatic heterocycles. The molecule has 0 atom stereocenters. The molecule has 1 N–H and O–H groups in total. The number of halogens is 1. The molecular weight excluding hydrogens is 392 g/mol. The van der Waals surface area contributed by atoms with E-state index < -0.39 is 0 Å². The van der Waals surface area contributed by atoms with Crippen LogP contribution in [0.25, 0.3) is 11.4 Å². The van der Waals surface area contributed by atoms with Gasteiger partial charge in [0.05, 0.1) is 11.0 Å². The quantitative estimate of drug-likeness (QED) is 0.638. The van der Waals surface area contributed by atoms with Crippen molar-refractivity contribution in [2.45, 2.75) is 25.9 Å². The Morgan fingerprint density at radius 1 is 1.38 bits per heavy atom. The summed E-state index contributed by atoms with van der Waals surface area (Å²) in [6.45, 7) is 5.00. The van der Waals surface area contributed by atoms with Crippen molar-refractivity contribution in [1.29, 1.82) is 0 Å². The number of pyridine rings is 1. The third-order valence-corrected chi connectivity index (χ3v) is 4.55. The van der Waals surface area contributed by atoms with E-state index in [1.54, 1.807) is 17.5 Å². The minimum Gasteiger partial charge on any atom is -0.475 e. The lowest BCUT2D eigenvalue weighted by molar-refractivity contribution is 0.194. The Morgan fingerprint density at radius 2 is 2.25 bits per heavy atom. The van der Waals surface area contributed by atoms with E-state index >= 15 is 0 Å². The Kier molecular flexibility index (Phi) is 5.27. The molecule has 0 spiro atoms. The zero-order valence-corrected chi connectivity index (χ0v) is 15.7. The largest absolute Gasteiger partial charge is 0.475 e. The molecule has 0 radical (unpaired) electrons. The highest BCUT2D eigenvalue weighted by molar-refractivity contribution is 9.10. The minimum absolute atomic E-state index is 0.284. The Balaban J connectivity index is 1.54. The molecule has 3 heterocycles. The monoisotopic (exact) mass is 408 g/mol. The van der Waals surface area contributed by atoms with Gasteiger partial charge in [-0.05, 0) is 53.4 Å². The van der Waals surface area contributed by atoms with Crippen LogP contribution >= 0.6 is 27.3 Å². The van der Waals surface area contributed by atoms with Crippen LogP contribution in [0.15, 0.2) is 44.2 Å². The van der Waals surface area contributed by atoms with Crippen molar-refractivity contribution in [2.75, 3.05) is 6.61 Å². The molecule has 0 aromatic carbocycles. The van der Waals surface area contributed by atoms with Crippen LogP contribution in [0.3, 0.4) is 0 Å². The summed E-state index contributed by atoms with van der Waals surface area (Å²) in [6, 6.07) is 5.71. The number of aromatic nitrogens is 3. The van der Waals surface area contributed by atoms with Crippen molar-refractivity contribution in [3.8, 4) is 17.3 Å². The van der Waals surface area contributed by atoms with Gasteiger partial charge in [-0.15, -0.1) is 0 Å². The van der Waals surface area contributed by atoms with Gasteiger partial charge in [0, 0.05) is 22.7 Å². The molecule has 0 saturated carbocycles. The maximum Gasteiger partial charge on any atom is 0.240 e. The van der Waals surface area contributed by atoms with Gasteiger partial charge in [-0.3, -0.25) is 0 Å². The van der Waals surface area contributed by atoms with E-state index in [1.165, 1.54) is 0 Å². The molecule has 24 heavy (non-hydrogen) atoms. The summed E-state index contributed by atoms with van der Waals surface area (Å²) >= 11 is 5.02.